The van der Waals surface area contributed by atoms with Crippen LogP contribution in [-0.2, 0) is 5.41 Å². The molecular formula is C13H16O. The van der Waals surface area contributed by atoms with Gasteiger partial charge in [0.15, 0.2) is 0 Å². The molecule has 3 atom stereocenters. The standard InChI is InChI=1S/C13H16O/c14-12-8-4-7-11-9-13(11,12)10-5-2-1-3-6-10/h1-3,5-6,11-12,14H,4,7-9H2/t11-,12-,13-/m0/s1. The van der Waals surface area contributed by atoms with Crippen LogP contribution in [0.1, 0.15) is 31.2 Å². The van der Waals surface area contributed by atoms with Crippen LogP contribution in [0.5, 0.6) is 0 Å². The SMILES string of the molecule is O[C@H]1CCC[C@H]2C[C@]21c1ccccc1. The first-order valence-electron chi connectivity index (χ1n) is 5.57. The second-order valence-corrected chi connectivity index (χ2v) is 4.75. The zero-order valence-corrected chi connectivity index (χ0v) is 8.32. The summed E-state index contributed by atoms with van der Waals surface area (Å²) < 4.78 is 0. The Balaban J connectivity index is 1.98. The molecule has 2 aliphatic rings. The fraction of sp³-hybridized carbons (Fsp3) is 0.538. The van der Waals surface area contributed by atoms with E-state index in [9.17, 15) is 5.11 Å². The fourth-order valence-corrected chi connectivity index (χ4v) is 3.23. The zero-order valence-electron chi connectivity index (χ0n) is 8.32. The van der Waals surface area contributed by atoms with Crippen molar-refractivity contribution in [3.8, 4) is 0 Å². The van der Waals surface area contributed by atoms with Gasteiger partial charge in [-0.2, -0.15) is 0 Å². The molecule has 0 aromatic heterocycles. The highest BCUT2D eigenvalue weighted by Gasteiger charge is 2.60. The van der Waals surface area contributed by atoms with Crippen molar-refractivity contribution in [3.63, 3.8) is 0 Å². The first kappa shape index (κ1) is 8.49. The average molecular weight is 188 g/mol. The third-order valence-corrected chi connectivity index (χ3v) is 4.09. The lowest BCUT2D eigenvalue weighted by atomic mass is 9.80. The largest absolute Gasteiger partial charge is 0.392 e. The maximum atomic E-state index is 10.1. The molecule has 0 aliphatic heterocycles. The lowest BCUT2D eigenvalue weighted by Gasteiger charge is -2.28. The van der Waals surface area contributed by atoms with Gasteiger partial charge in [0.1, 0.15) is 0 Å². The maximum absolute atomic E-state index is 10.1. The van der Waals surface area contributed by atoms with Crippen LogP contribution in [0.2, 0.25) is 0 Å². The smallest absolute Gasteiger partial charge is 0.0639 e. The molecule has 1 aromatic carbocycles. The Hall–Kier alpha value is -0.820. The lowest BCUT2D eigenvalue weighted by Crippen LogP contribution is -2.31. The Labute approximate surface area is 84.8 Å². The van der Waals surface area contributed by atoms with Gasteiger partial charge in [-0.05, 0) is 30.7 Å². The quantitative estimate of drug-likeness (QED) is 0.718. The Morgan fingerprint density at radius 2 is 1.93 bits per heavy atom. The van der Waals surface area contributed by atoms with E-state index < -0.39 is 0 Å². The van der Waals surface area contributed by atoms with Gasteiger partial charge in [0.05, 0.1) is 6.10 Å². The van der Waals surface area contributed by atoms with E-state index in [0.29, 0.717) is 0 Å². The number of hydrogen-bond acceptors (Lipinski definition) is 1. The second-order valence-electron chi connectivity index (χ2n) is 4.75. The van der Waals surface area contributed by atoms with E-state index in [-0.39, 0.29) is 11.5 Å². The van der Waals surface area contributed by atoms with Gasteiger partial charge in [-0.25, -0.2) is 0 Å². The van der Waals surface area contributed by atoms with Crippen LogP contribution < -0.4 is 0 Å². The number of aliphatic hydroxyl groups is 1. The van der Waals surface area contributed by atoms with Crippen LogP contribution in [-0.4, -0.2) is 11.2 Å². The Morgan fingerprint density at radius 3 is 2.64 bits per heavy atom. The van der Waals surface area contributed by atoms with Crippen molar-refractivity contribution in [2.24, 2.45) is 5.92 Å². The molecule has 0 amide bonds. The monoisotopic (exact) mass is 188 g/mol. The summed E-state index contributed by atoms with van der Waals surface area (Å²) in [5, 5.41) is 10.1. The molecule has 14 heavy (non-hydrogen) atoms. The van der Waals surface area contributed by atoms with Crippen LogP contribution in [0.15, 0.2) is 30.3 Å². The predicted molar refractivity (Wildman–Crippen MR) is 56.1 cm³/mol. The molecule has 2 fully saturated rings. The minimum atomic E-state index is -0.0938. The predicted octanol–water partition coefficient (Wildman–Crippen LogP) is 2.49. The highest BCUT2D eigenvalue weighted by atomic mass is 16.3. The molecule has 1 heteroatoms. The highest BCUT2D eigenvalue weighted by molar-refractivity contribution is 5.36. The number of rotatable bonds is 1. The van der Waals surface area contributed by atoms with E-state index >= 15 is 0 Å². The van der Waals surface area contributed by atoms with Crippen LogP contribution in [0.3, 0.4) is 0 Å². The summed E-state index contributed by atoms with van der Waals surface area (Å²) in [5.41, 5.74) is 1.51. The Bertz CT molecular complexity index is 332. The van der Waals surface area contributed by atoms with Gasteiger partial charge >= 0.3 is 0 Å². The topological polar surface area (TPSA) is 20.2 Å². The van der Waals surface area contributed by atoms with Crippen molar-refractivity contribution >= 4 is 0 Å². The number of benzene rings is 1. The summed E-state index contributed by atoms with van der Waals surface area (Å²) in [4.78, 5) is 0. The molecule has 0 bridgehead atoms. The summed E-state index contributed by atoms with van der Waals surface area (Å²) in [6.45, 7) is 0. The molecule has 0 spiro atoms. The van der Waals surface area contributed by atoms with E-state index in [1.807, 2.05) is 6.07 Å². The summed E-state index contributed by atoms with van der Waals surface area (Å²) in [6.07, 6.45) is 4.62. The van der Waals surface area contributed by atoms with Gasteiger partial charge < -0.3 is 5.11 Å². The van der Waals surface area contributed by atoms with Crippen molar-refractivity contribution in [1.29, 1.82) is 0 Å². The van der Waals surface area contributed by atoms with Crippen molar-refractivity contribution < 1.29 is 5.11 Å². The molecule has 0 radical (unpaired) electrons. The van der Waals surface area contributed by atoms with E-state index in [1.165, 1.54) is 24.8 Å². The molecule has 1 N–H and O–H groups in total. The molecule has 0 unspecified atom stereocenters. The molecule has 2 saturated carbocycles. The van der Waals surface area contributed by atoms with Gasteiger partial charge in [0, 0.05) is 5.41 Å². The van der Waals surface area contributed by atoms with Gasteiger partial charge in [0.25, 0.3) is 0 Å². The summed E-state index contributed by atoms with van der Waals surface area (Å²) in [6, 6.07) is 10.6. The van der Waals surface area contributed by atoms with Crippen LogP contribution in [0.25, 0.3) is 0 Å². The molecular weight excluding hydrogens is 172 g/mol. The third-order valence-electron chi connectivity index (χ3n) is 4.09. The molecule has 0 saturated heterocycles. The first-order valence-corrected chi connectivity index (χ1v) is 5.57. The van der Waals surface area contributed by atoms with E-state index in [2.05, 4.69) is 24.3 Å². The van der Waals surface area contributed by atoms with Crippen molar-refractivity contribution in [2.75, 3.05) is 0 Å². The van der Waals surface area contributed by atoms with Crippen LogP contribution >= 0.6 is 0 Å². The number of fused-ring (bicyclic) bond motifs is 1. The molecule has 1 aromatic rings. The van der Waals surface area contributed by atoms with Crippen molar-refractivity contribution in [3.05, 3.63) is 35.9 Å². The van der Waals surface area contributed by atoms with Crippen LogP contribution in [0, 0.1) is 5.92 Å². The average Bonchev–Trinajstić information content (AvgIpc) is 2.96. The zero-order chi connectivity index (χ0) is 9.60. The lowest BCUT2D eigenvalue weighted by molar-refractivity contribution is 0.0945. The van der Waals surface area contributed by atoms with Gasteiger partial charge in [-0.15, -0.1) is 0 Å². The number of hydrogen-bond donors (Lipinski definition) is 1. The van der Waals surface area contributed by atoms with E-state index in [0.717, 1.165) is 12.3 Å². The van der Waals surface area contributed by atoms with Gasteiger partial charge in [-0.3, -0.25) is 0 Å². The molecule has 74 valence electrons. The summed E-state index contributed by atoms with van der Waals surface area (Å²) in [7, 11) is 0. The second kappa shape index (κ2) is 2.83. The maximum Gasteiger partial charge on any atom is 0.0639 e. The third kappa shape index (κ3) is 0.992. The molecule has 0 heterocycles. The normalized spacial score (nSPS) is 40.4. The Morgan fingerprint density at radius 1 is 1.14 bits per heavy atom. The summed E-state index contributed by atoms with van der Waals surface area (Å²) >= 11 is 0. The van der Waals surface area contributed by atoms with Crippen LogP contribution in [0.4, 0.5) is 0 Å². The molecule has 2 aliphatic carbocycles. The van der Waals surface area contributed by atoms with E-state index in [4.69, 9.17) is 0 Å². The minimum absolute atomic E-state index is 0.0938. The number of aliphatic hydroxyl groups excluding tert-OH is 1. The van der Waals surface area contributed by atoms with Crippen molar-refractivity contribution in [1.82, 2.24) is 0 Å². The van der Waals surface area contributed by atoms with E-state index in [1.54, 1.807) is 0 Å². The van der Waals surface area contributed by atoms with Crippen molar-refractivity contribution in [2.45, 2.75) is 37.2 Å². The molecule has 3 rings (SSSR count). The van der Waals surface area contributed by atoms with Gasteiger partial charge in [0.2, 0.25) is 0 Å². The van der Waals surface area contributed by atoms with Gasteiger partial charge in [-0.1, -0.05) is 36.8 Å². The highest BCUT2D eigenvalue weighted by Crippen LogP contribution is 2.62. The minimum Gasteiger partial charge on any atom is -0.392 e. The fourth-order valence-electron chi connectivity index (χ4n) is 3.23. The molecule has 1 nitrogen and oxygen atoms in total. The first-order chi connectivity index (χ1) is 6.84. The Kier molecular flexibility index (Phi) is 1.72. The summed E-state index contributed by atoms with van der Waals surface area (Å²) in [5.74, 6) is 0.758.